The molecular weight excluding hydrogens is 352 g/mol. The maximum absolute atomic E-state index is 12.9. The van der Waals surface area contributed by atoms with E-state index in [1.165, 1.54) is 4.90 Å². The molecule has 3 rings (SSSR count). The van der Waals surface area contributed by atoms with Gasteiger partial charge in [0.25, 0.3) is 0 Å². The highest BCUT2D eigenvalue weighted by atomic mass is 32.2. The van der Waals surface area contributed by atoms with Crippen molar-refractivity contribution in [2.45, 2.75) is 37.5 Å². The quantitative estimate of drug-likeness (QED) is 0.850. The van der Waals surface area contributed by atoms with E-state index in [1.54, 1.807) is 11.4 Å². The van der Waals surface area contributed by atoms with Gasteiger partial charge in [0, 0.05) is 20.1 Å². The minimum absolute atomic E-state index is 0.00957. The van der Waals surface area contributed by atoms with Gasteiger partial charge in [-0.25, -0.2) is 17.7 Å². The summed E-state index contributed by atoms with van der Waals surface area (Å²) in [5.41, 5.74) is 6.01. The monoisotopic (exact) mass is 378 g/mol. The van der Waals surface area contributed by atoms with E-state index in [2.05, 4.69) is 4.99 Å². The van der Waals surface area contributed by atoms with E-state index in [0.29, 0.717) is 13.1 Å². The van der Waals surface area contributed by atoms with E-state index in [-0.39, 0.29) is 30.0 Å². The Labute approximate surface area is 154 Å². The molecule has 1 saturated heterocycles. The zero-order chi connectivity index (χ0) is 18.9. The number of nitrogens with zero attached hydrogens (tertiary/aromatic N) is 3. The molecule has 8 heteroatoms. The summed E-state index contributed by atoms with van der Waals surface area (Å²) >= 11 is 0. The third-order valence-electron chi connectivity index (χ3n) is 5.45. The highest BCUT2D eigenvalue weighted by Crippen LogP contribution is 2.36. The van der Waals surface area contributed by atoms with Crippen LogP contribution in [0.15, 0.2) is 35.3 Å². The van der Waals surface area contributed by atoms with E-state index in [1.807, 2.05) is 37.3 Å². The van der Waals surface area contributed by atoms with Gasteiger partial charge in [0.2, 0.25) is 15.9 Å². The Hall–Kier alpha value is -1.93. The third kappa shape index (κ3) is 3.76. The fourth-order valence-corrected chi connectivity index (χ4v) is 5.35. The van der Waals surface area contributed by atoms with Gasteiger partial charge in [0.1, 0.15) is 0 Å². The van der Waals surface area contributed by atoms with Crippen LogP contribution in [-0.4, -0.2) is 55.2 Å². The standard InChI is InChI=1S/C18H26N4O3S/c1-18(11-16(23)21(2)17(19)20-18)15-9-6-10-22(12-15)26(24,25)13-14-7-4-3-5-8-14/h3-5,7-8,15H,6,9-13H2,1-2H3,(H2,19,20)/t15?,18-/m0/s1. The summed E-state index contributed by atoms with van der Waals surface area (Å²) in [7, 11) is -1.80. The predicted molar refractivity (Wildman–Crippen MR) is 101 cm³/mol. The van der Waals surface area contributed by atoms with Crippen molar-refractivity contribution in [1.82, 2.24) is 9.21 Å². The van der Waals surface area contributed by atoms with Crippen LogP contribution < -0.4 is 5.73 Å². The van der Waals surface area contributed by atoms with Crippen molar-refractivity contribution in [2.75, 3.05) is 20.1 Å². The number of amides is 1. The molecule has 1 unspecified atom stereocenters. The summed E-state index contributed by atoms with van der Waals surface area (Å²) in [6.45, 7) is 2.79. The van der Waals surface area contributed by atoms with Crippen LogP contribution in [0.5, 0.6) is 0 Å². The molecule has 1 amide bonds. The smallest absolute Gasteiger partial charge is 0.231 e. The van der Waals surface area contributed by atoms with Gasteiger partial charge >= 0.3 is 0 Å². The van der Waals surface area contributed by atoms with E-state index in [9.17, 15) is 13.2 Å². The lowest BCUT2D eigenvalue weighted by atomic mass is 9.78. The summed E-state index contributed by atoms with van der Waals surface area (Å²) in [4.78, 5) is 18.1. The van der Waals surface area contributed by atoms with Crippen molar-refractivity contribution in [3.05, 3.63) is 35.9 Å². The molecule has 142 valence electrons. The number of piperidine rings is 1. The van der Waals surface area contributed by atoms with Crippen molar-refractivity contribution in [2.24, 2.45) is 16.6 Å². The van der Waals surface area contributed by atoms with Gasteiger partial charge in [0.15, 0.2) is 5.96 Å². The van der Waals surface area contributed by atoms with Crippen molar-refractivity contribution in [3.8, 4) is 0 Å². The predicted octanol–water partition coefficient (Wildman–Crippen LogP) is 1.16. The molecule has 0 aliphatic carbocycles. The number of carbonyl (C=O) groups excluding carboxylic acids is 1. The second kappa shape index (κ2) is 7.00. The first-order valence-corrected chi connectivity index (χ1v) is 10.5. The lowest BCUT2D eigenvalue weighted by molar-refractivity contribution is -0.129. The van der Waals surface area contributed by atoms with Crippen LogP contribution in [0.3, 0.4) is 0 Å². The Balaban J connectivity index is 1.78. The molecule has 7 nitrogen and oxygen atoms in total. The summed E-state index contributed by atoms with van der Waals surface area (Å²) in [5.74, 6) is 0.0833. The van der Waals surface area contributed by atoms with Crippen LogP contribution in [-0.2, 0) is 20.6 Å². The topological polar surface area (TPSA) is 96.1 Å². The van der Waals surface area contributed by atoms with E-state index < -0.39 is 15.6 Å². The van der Waals surface area contributed by atoms with Crippen molar-refractivity contribution in [1.29, 1.82) is 0 Å². The molecule has 2 atom stereocenters. The summed E-state index contributed by atoms with van der Waals surface area (Å²) in [5, 5.41) is 0. The Bertz CT molecular complexity index is 809. The first-order valence-electron chi connectivity index (χ1n) is 8.85. The zero-order valence-corrected chi connectivity index (χ0v) is 16.1. The molecule has 0 spiro atoms. The molecule has 2 aliphatic rings. The van der Waals surface area contributed by atoms with Gasteiger partial charge in [-0.1, -0.05) is 30.3 Å². The Kier molecular flexibility index (Phi) is 5.07. The van der Waals surface area contributed by atoms with Crippen molar-refractivity contribution < 1.29 is 13.2 Å². The van der Waals surface area contributed by atoms with Crippen LogP contribution in [0.2, 0.25) is 0 Å². The van der Waals surface area contributed by atoms with Crippen LogP contribution >= 0.6 is 0 Å². The lowest BCUT2D eigenvalue weighted by Gasteiger charge is -2.43. The largest absolute Gasteiger partial charge is 0.369 e. The Morgan fingerprint density at radius 2 is 2.00 bits per heavy atom. The fraction of sp³-hybridized carbons (Fsp3) is 0.556. The maximum Gasteiger partial charge on any atom is 0.231 e. The first-order chi connectivity index (χ1) is 12.2. The average Bonchev–Trinajstić information content (AvgIpc) is 2.60. The number of aliphatic imine (C=N–C) groups is 1. The second-order valence-electron chi connectivity index (χ2n) is 7.40. The molecular formula is C18H26N4O3S. The maximum atomic E-state index is 12.9. The molecule has 0 radical (unpaired) electrons. The molecule has 0 bridgehead atoms. The number of guanidine groups is 1. The fourth-order valence-electron chi connectivity index (χ4n) is 3.74. The normalized spacial score (nSPS) is 28.1. The van der Waals surface area contributed by atoms with Gasteiger partial charge in [-0.15, -0.1) is 0 Å². The van der Waals surface area contributed by atoms with Gasteiger partial charge < -0.3 is 5.73 Å². The highest BCUT2D eigenvalue weighted by molar-refractivity contribution is 7.88. The highest BCUT2D eigenvalue weighted by Gasteiger charge is 2.44. The van der Waals surface area contributed by atoms with E-state index >= 15 is 0 Å². The number of nitrogens with two attached hydrogens (primary N) is 1. The van der Waals surface area contributed by atoms with Gasteiger partial charge in [-0.05, 0) is 31.2 Å². The minimum Gasteiger partial charge on any atom is -0.369 e. The molecule has 1 aromatic rings. The molecule has 2 heterocycles. The van der Waals surface area contributed by atoms with Gasteiger partial charge in [-0.3, -0.25) is 9.69 Å². The molecule has 0 aromatic heterocycles. The van der Waals surface area contributed by atoms with Crippen molar-refractivity contribution in [3.63, 3.8) is 0 Å². The zero-order valence-electron chi connectivity index (χ0n) is 15.3. The van der Waals surface area contributed by atoms with Gasteiger partial charge in [0.05, 0.1) is 17.7 Å². The number of sulfonamides is 1. The SMILES string of the molecule is CN1C(=O)C[C@@](C)(C2CCCN(S(=O)(=O)Cc3ccccc3)C2)N=C1N. The Morgan fingerprint density at radius 1 is 1.31 bits per heavy atom. The Morgan fingerprint density at radius 3 is 2.65 bits per heavy atom. The number of benzene rings is 1. The average molecular weight is 378 g/mol. The minimum atomic E-state index is -3.41. The van der Waals surface area contributed by atoms with Crippen LogP contribution in [0.25, 0.3) is 0 Å². The molecule has 1 aromatic carbocycles. The molecule has 2 aliphatic heterocycles. The number of carbonyl (C=O) groups is 1. The molecule has 26 heavy (non-hydrogen) atoms. The lowest BCUT2D eigenvalue weighted by Crippen LogP contribution is -2.54. The van der Waals surface area contributed by atoms with Crippen LogP contribution in [0.1, 0.15) is 31.7 Å². The van der Waals surface area contributed by atoms with E-state index in [0.717, 1.165) is 18.4 Å². The molecule has 2 N–H and O–H groups in total. The second-order valence-corrected chi connectivity index (χ2v) is 9.36. The summed E-state index contributed by atoms with van der Waals surface area (Å²) < 4.78 is 27.3. The van der Waals surface area contributed by atoms with E-state index in [4.69, 9.17) is 5.73 Å². The molecule has 0 saturated carbocycles. The number of hydrogen-bond donors (Lipinski definition) is 1. The van der Waals surface area contributed by atoms with Crippen LogP contribution in [0.4, 0.5) is 0 Å². The summed E-state index contributed by atoms with van der Waals surface area (Å²) in [6, 6.07) is 9.19. The first kappa shape index (κ1) is 18.8. The van der Waals surface area contributed by atoms with Crippen LogP contribution in [0, 0.1) is 5.92 Å². The number of hydrogen-bond acceptors (Lipinski definition) is 5. The summed E-state index contributed by atoms with van der Waals surface area (Å²) in [6.07, 6.45) is 1.84. The van der Waals surface area contributed by atoms with Crippen molar-refractivity contribution >= 4 is 21.9 Å². The molecule has 1 fully saturated rings. The van der Waals surface area contributed by atoms with Gasteiger partial charge in [-0.2, -0.15) is 0 Å². The number of rotatable bonds is 4. The third-order valence-corrected chi connectivity index (χ3v) is 7.26.